The van der Waals surface area contributed by atoms with Crippen LogP contribution < -0.4 is 14.4 Å². The maximum Gasteiger partial charge on any atom is 0.311 e. The number of fused-ring (bicyclic) bond motifs is 1. The fourth-order valence-electron chi connectivity index (χ4n) is 3.74. The second kappa shape index (κ2) is 8.13. The lowest BCUT2D eigenvalue weighted by atomic mass is 10.1. The molecule has 0 spiro atoms. The Morgan fingerprint density at radius 1 is 1.24 bits per heavy atom. The van der Waals surface area contributed by atoms with Crippen molar-refractivity contribution in [3.8, 4) is 11.5 Å². The summed E-state index contributed by atoms with van der Waals surface area (Å²) in [4.78, 5) is 17.7. The zero-order valence-electron chi connectivity index (χ0n) is 15.9. The largest absolute Gasteiger partial charge is 0.497 e. The highest BCUT2D eigenvalue weighted by Crippen LogP contribution is 2.39. The van der Waals surface area contributed by atoms with Crippen LogP contribution in [0.1, 0.15) is 12.8 Å². The van der Waals surface area contributed by atoms with Crippen LogP contribution in [0.2, 0.25) is 5.02 Å². The van der Waals surface area contributed by atoms with Gasteiger partial charge in [0.1, 0.15) is 30.0 Å². The van der Waals surface area contributed by atoms with Crippen LogP contribution in [-0.4, -0.2) is 36.2 Å². The molecule has 1 fully saturated rings. The molecule has 29 heavy (non-hydrogen) atoms. The number of pyridine rings is 1. The summed E-state index contributed by atoms with van der Waals surface area (Å²) < 4.78 is 11.2. The number of rotatable bonds is 6. The average Bonchev–Trinajstić information content (AvgIpc) is 3.20. The maximum atomic E-state index is 11.7. The molecule has 2 heterocycles. The van der Waals surface area contributed by atoms with Gasteiger partial charge in [-0.1, -0.05) is 11.6 Å². The monoisotopic (exact) mass is 413 g/mol. The summed E-state index contributed by atoms with van der Waals surface area (Å²) in [5.74, 6) is 1.38. The van der Waals surface area contributed by atoms with Gasteiger partial charge in [-0.3, -0.25) is 10.1 Å². The molecule has 0 saturated carbocycles. The molecule has 150 valence electrons. The van der Waals surface area contributed by atoms with Gasteiger partial charge in [-0.2, -0.15) is 0 Å². The van der Waals surface area contributed by atoms with Crippen molar-refractivity contribution in [2.24, 2.45) is 0 Å². The van der Waals surface area contributed by atoms with E-state index in [9.17, 15) is 10.1 Å². The molecule has 0 bridgehead atoms. The van der Waals surface area contributed by atoms with E-state index in [0.717, 1.165) is 30.5 Å². The van der Waals surface area contributed by atoms with E-state index in [0.29, 0.717) is 28.6 Å². The Bertz CT molecular complexity index is 1040. The number of nitrogens with zero attached hydrogens (tertiary/aromatic N) is 3. The summed E-state index contributed by atoms with van der Waals surface area (Å²) in [5, 5.41) is 13.1. The average molecular weight is 414 g/mol. The predicted molar refractivity (Wildman–Crippen MR) is 112 cm³/mol. The summed E-state index contributed by atoms with van der Waals surface area (Å²) in [6, 6.07) is 12.6. The minimum atomic E-state index is -0.374. The van der Waals surface area contributed by atoms with Crippen molar-refractivity contribution in [3.63, 3.8) is 0 Å². The third-order valence-corrected chi connectivity index (χ3v) is 5.40. The standard InChI is InChI=1S/C21H20ClN3O4/c1-28-17-8-9-18-19(11-17)23-12-20(25(26)27)21(18)24-10-2-3-15(24)13-29-16-6-4-14(22)5-7-16/h4-9,11-12,15H,2-3,10,13H2,1H3. The first kappa shape index (κ1) is 19.3. The number of halogens is 1. The Labute approximate surface area is 173 Å². The van der Waals surface area contributed by atoms with Gasteiger partial charge < -0.3 is 14.4 Å². The number of methoxy groups -OCH3 is 1. The van der Waals surface area contributed by atoms with Gasteiger partial charge in [-0.25, -0.2) is 4.98 Å². The van der Waals surface area contributed by atoms with Crippen molar-refractivity contribution in [1.82, 2.24) is 4.98 Å². The van der Waals surface area contributed by atoms with Gasteiger partial charge in [0, 0.05) is 23.0 Å². The van der Waals surface area contributed by atoms with Crippen molar-refractivity contribution in [2.45, 2.75) is 18.9 Å². The molecule has 1 aromatic heterocycles. The number of benzene rings is 2. The molecule has 0 aliphatic carbocycles. The molecule has 1 atom stereocenters. The molecule has 1 aliphatic rings. The highest BCUT2D eigenvalue weighted by molar-refractivity contribution is 6.30. The van der Waals surface area contributed by atoms with Gasteiger partial charge in [0.15, 0.2) is 0 Å². The molecular weight excluding hydrogens is 394 g/mol. The number of aromatic nitrogens is 1. The van der Waals surface area contributed by atoms with E-state index < -0.39 is 0 Å². The molecule has 0 N–H and O–H groups in total. The fourth-order valence-corrected chi connectivity index (χ4v) is 3.86. The summed E-state index contributed by atoms with van der Waals surface area (Å²) in [6.45, 7) is 1.15. The second-order valence-electron chi connectivity index (χ2n) is 6.89. The summed E-state index contributed by atoms with van der Waals surface area (Å²) >= 11 is 5.92. The SMILES string of the molecule is COc1ccc2c(N3CCCC3COc3ccc(Cl)cc3)c([N+](=O)[O-])cnc2c1. The van der Waals surface area contributed by atoms with E-state index in [1.807, 2.05) is 18.2 Å². The van der Waals surface area contributed by atoms with E-state index in [1.54, 1.807) is 31.4 Å². The highest BCUT2D eigenvalue weighted by atomic mass is 35.5. The first-order chi connectivity index (χ1) is 14.1. The number of hydrogen-bond acceptors (Lipinski definition) is 6. The molecule has 1 aliphatic heterocycles. The van der Waals surface area contributed by atoms with Crippen molar-refractivity contribution in [3.05, 3.63) is 63.8 Å². The summed E-state index contributed by atoms with van der Waals surface area (Å²) in [7, 11) is 1.58. The van der Waals surface area contributed by atoms with Gasteiger partial charge in [-0.05, 0) is 49.2 Å². The zero-order valence-corrected chi connectivity index (χ0v) is 16.6. The van der Waals surface area contributed by atoms with E-state index in [-0.39, 0.29) is 16.7 Å². The number of ether oxygens (including phenoxy) is 2. The molecule has 8 heteroatoms. The first-order valence-corrected chi connectivity index (χ1v) is 9.71. The number of anilines is 1. The highest BCUT2D eigenvalue weighted by Gasteiger charge is 2.32. The van der Waals surface area contributed by atoms with Gasteiger partial charge >= 0.3 is 5.69 Å². The molecular formula is C21H20ClN3O4. The maximum absolute atomic E-state index is 11.7. The summed E-state index contributed by atoms with van der Waals surface area (Å²) in [6.07, 6.45) is 3.16. The van der Waals surface area contributed by atoms with E-state index in [2.05, 4.69) is 9.88 Å². The van der Waals surface area contributed by atoms with Crippen LogP contribution in [0.25, 0.3) is 10.9 Å². The van der Waals surface area contributed by atoms with Crippen molar-refractivity contribution >= 4 is 33.9 Å². The predicted octanol–water partition coefficient (Wildman–Crippen LogP) is 4.85. The van der Waals surface area contributed by atoms with Crippen LogP contribution in [0.4, 0.5) is 11.4 Å². The van der Waals surface area contributed by atoms with Crippen molar-refractivity contribution in [1.29, 1.82) is 0 Å². The van der Waals surface area contributed by atoms with Crippen molar-refractivity contribution < 1.29 is 14.4 Å². The molecule has 0 radical (unpaired) electrons. The summed E-state index contributed by atoms with van der Waals surface area (Å²) in [5.41, 5.74) is 1.25. The third-order valence-electron chi connectivity index (χ3n) is 5.15. The van der Waals surface area contributed by atoms with Crippen LogP contribution >= 0.6 is 11.6 Å². The van der Waals surface area contributed by atoms with Gasteiger partial charge in [0.2, 0.25) is 0 Å². The lowest BCUT2D eigenvalue weighted by Gasteiger charge is -2.27. The van der Waals surface area contributed by atoms with Crippen LogP contribution in [0.15, 0.2) is 48.7 Å². The minimum Gasteiger partial charge on any atom is -0.497 e. The Balaban J connectivity index is 1.68. The molecule has 7 nitrogen and oxygen atoms in total. The third kappa shape index (κ3) is 3.91. The van der Waals surface area contributed by atoms with Gasteiger partial charge in [0.25, 0.3) is 0 Å². The van der Waals surface area contributed by atoms with Crippen molar-refractivity contribution in [2.75, 3.05) is 25.2 Å². The number of nitro groups is 1. The topological polar surface area (TPSA) is 77.7 Å². The Morgan fingerprint density at radius 2 is 2.00 bits per heavy atom. The fraction of sp³-hybridized carbons (Fsp3) is 0.286. The second-order valence-corrected chi connectivity index (χ2v) is 7.32. The Hall–Kier alpha value is -3.06. The Kier molecular flexibility index (Phi) is 5.40. The smallest absolute Gasteiger partial charge is 0.311 e. The molecule has 1 saturated heterocycles. The van der Waals surface area contributed by atoms with Crippen LogP contribution in [0.3, 0.4) is 0 Å². The van der Waals surface area contributed by atoms with E-state index >= 15 is 0 Å². The molecule has 4 rings (SSSR count). The van der Waals surface area contributed by atoms with Crippen LogP contribution in [0, 0.1) is 10.1 Å². The quantitative estimate of drug-likeness (QED) is 0.424. The molecule has 0 amide bonds. The Morgan fingerprint density at radius 3 is 2.72 bits per heavy atom. The molecule has 1 unspecified atom stereocenters. The lowest BCUT2D eigenvalue weighted by Crippen LogP contribution is -2.34. The number of hydrogen-bond donors (Lipinski definition) is 0. The normalized spacial score (nSPS) is 16.2. The zero-order chi connectivity index (χ0) is 20.4. The van der Waals surface area contributed by atoms with E-state index in [4.69, 9.17) is 21.1 Å². The van der Waals surface area contributed by atoms with Crippen LogP contribution in [-0.2, 0) is 0 Å². The van der Waals surface area contributed by atoms with Gasteiger partial charge in [0.05, 0.1) is 23.6 Å². The van der Waals surface area contributed by atoms with Crippen LogP contribution in [0.5, 0.6) is 11.5 Å². The van der Waals surface area contributed by atoms with Gasteiger partial charge in [-0.15, -0.1) is 0 Å². The lowest BCUT2D eigenvalue weighted by molar-refractivity contribution is -0.384. The molecule has 3 aromatic rings. The minimum absolute atomic E-state index is 0.000981. The molecule has 2 aromatic carbocycles. The first-order valence-electron chi connectivity index (χ1n) is 9.33. The van der Waals surface area contributed by atoms with E-state index in [1.165, 1.54) is 6.20 Å².